The Balaban J connectivity index is 2.10. The Morgan fingerprint density at radius 1 is 1.03 bits per heavy atom. The van der Waals surface area contributed by atoms with Gasteiger partial charge in [-0.25, -0.2) is 0 Å². The van der Waals surface area contributed by atoms with Gasteiger partial charge in [-0.1, -0.05) is 50.3 Å². The first kappa shape index (κ1) is 25.5. The van der Waals surface area contributed by atoms with Crippen LogP contribution in [0.5, 0.6) is 0 Å². The highest BCUT2D eigenvalue weighted by molar-refractivity contribution is 5.95. The molecule has 2 aliphatic heterocycles. The Morgan fingerprint density at radius 2 is 1.72 bits per heavy atom. The van der Waals surface area contributed by atoms with Crippen LogP contribution in [-0.2, 0) is 28.7 Å². The highest BCUT2D eigenvalue weighted by atomic mass is 16.6. The molecule has 2 rings (SSSR count). The van der Waals surface area contributed by atoms with Gasteiger partial charge in [0.1, 0.15) is 0 Å². The highest BCUT2D eigenvalue weighted by Crippen LogP contribution is 2.44. The minimum absolute atomic E-state index is 0.0375. The molecule has 6 heteroatoms. The number of hydrogen-bond acceptors (Lipinski definition) is 6. The van der Waals surface area contributed by atoms with Gasteiger partial charge in [0, 0.05) is 5.41 Å². The molecule has 5 atom stereocenters. The second-order valence-electron chi connectivity index (χ2n) is 8.73. The maximum Gasteiger partial charge on any atom is 0.318 e. The van der Waals surface area contributed by atoms with Crippen LogP contribution >= 0.6 is 0 Å². The van der Waals surface area contributed by atoms with Crippen LogP contribution in [0.25, 0.3) is 0 Å². The first-order valence-corrected chi connectivity index (χ1v) is 11.3. The van der Waals surface area contributed by atoms with Crippen LogP contribution in [-0.4, -0.2) is 23.9 Å². The number of ether oxygens (including phenoxy) is 2. The zero-order valence-corrected chi connectivity index (χ0v) is 19.1. The second kappa shape index (κ2) is 11.7. The van der Waals surface area contributed by atoms with Crippen molar-refractivity contribution in [2.45, 2.75) is 58.8 Å². The molecule has 2 saturated heterocycles. The third-order valence-corrected chi connectivity index (χ3v) is 6.69. The zero-order valence-electron chi connectivity index (χ0n) is 19.1. The largest absolute Gasteiger partial charge is 0.393 e. The summed E-state index contributed by atoms with van der Waals surface area (Å²) in [5, 5.41) is 0. The van der Waals surface area contributed by atoms with Gasteiger partial charge in [0.25, 0.3) is 0 Å². The summed E-state index contributed by atoms with van der Waals surface area (Å²) in [6, 6.07) is 0. The standard InChI is InChI=1S/C26H34O6/c1-5-19(6-2)13-9-8-10-14-26(7-3,21-17-23(28)32-25(21)30)15-11-12-18(4)20-16-22(27)31-24(20)29/h5,7-9,11-12,18-21H,1,3,6,10,13-17H2,2,4H3/b9-8+,12-11+. The van der Waals surface area contributed by atoms with Crippen LogP contribution in [0, 0.1) is 29.1 Å². The van der Waals surface area contributed by atoms with Crippen LogP contribution in [0.15, 0.2) is 49.6 Å². The molecular weight excluding hydrogens is 408 g/mol. The molecule has 0 radical (unpaired) electrons. The average Bonchev–Trinajstić information content (AvgIpc) is 3.29. The minimum atomic E-state index is -0.640. The number of carbonyl (C=O) groups excluding carboxylic acids is 4. The normalized spacial score (nSPS) is 25.1. The smallest absolute Gasteiger partial charge is 0.318 e. The fraction of sp³-hybridized carbons (Fsp3) is 0.538. The quantitative estimate of drug-likeness (QED) is 0.230. The van der Waals surface area contributed by atoms with E-state index >= 15 is 0 Å². The summed E-state index contributed by atoms with van der Waals surface area (Å²) in [6.07, 6.45) is 15.6. The summed E-state index contributed by atoms with van der Waals surface area (Å²) in [5.74, 6) is -2.84. The number of carbonyl (C=O) groups is 4. The molecule has 0 bridgehead atoms. The summed E-state index contributed by atoms with van der Waals surface area (Å²) in [4.78, 5) is 47.3. The molecule has 2 fully saturated rings. The first-order valence-electron chi connectivity index (χ1n) is 11.3. The van der Waals surface area contributed by atoms with Gasteiger partial charge < -0.3 is 9.47 Å². The Labute approximate surface area is 190 Å². The molecule has 0 aromatic rings. The Hall–Kier alpha value is -2.76. The van der Waals surface area contributed by atoms with Crippen LogP contribution in [0.4, 0.5) is 0 Å². The Kier molecular flexibility index (Phi) is 9.36. The van der Waals surface area contributed by atoms with Crippen molar-refractivity contribution in [2.75, 3.05) is 0 Å². The van der Waals surface area contributed by atoms with E-state index < -0.39 is 41.1 Å². The number of hydrogen-bond donors (Lipinski definition) is 0. The summed E-state index contributed by atoms with van der Waals surface area (Å²) in [6.45, 7) is 11.8. The zero-order chi connectivity index (χ0) is 23.7. The SMILES string of the molecule is C=CC(CC)C/C=C/CCC(C=C)(C/C=C/C(C)C1CC(=O)OC1=O)C1CC(=O)OC1=O. The maximum atomic E-state index is 12.4. The molecule has 0 N–H and O–H groups in total. The van der Waals surface area contributed by atoms with Gasteiger partial charge in [0.2, 0.25) is 0 Å². The van der Waals surface area contributed by atoms with Crippen LogP contribution in [0.2, 0.25) is 0 Å². The fourth-order valence-corrected chi connectivity index (χ4v) is 4.36. The van der Waals surface area contributed by atoms with E-state index in [0.29, 0.717) is 18.8 Å². The molecule has 0 aliphatic carbocycles. The molecule has 0 aromatic heterocycles. The predicted octanol–water partition coefficient (Wildman–Crippen LogP) is 4.86. The maximum absolute atomic E-state index is 12.4. The minimum Gasteiger partial charge on any atom is -0.393 e. The Bertz CT molecular complexity index is 807. The number of cyclic esters (lactones) is 4. The summed E-state index contributed by atoms with van der Waals surface area (Å²) >= 11 is 0. The van der Waals surface area contributed by atoms with Crippen molar-refractivity contribution >= 4 is 23.9 Å². The van der Waals surface area contributed by atoms with Gasteiger partial charge >= 0.3 is 23.9 Å². The van der Waals surface area contributed by atoms with Gasteiger partial charge in [-0.15, -0.1) is 13.2 Å². The van der Waals surface area contributed by atoms with Crippen molar-refractivity contribution in [1.29, 1.82) is 0 Å². The monoisotopic (exact) mass is 442 g/mol. The summed E-state index contributed by atoms with van der Waals surface area (Å²) < 4.78 is 9.47. The lowest BCUT2D eigenvalue weighted by Crippen LogP contribution is -2.31. The average molecular weight is 443 g/mol. The van der Waals surface area contributed by atoms with E-state index in [1.807, 2.05) is 25.2 Å². The van der Waals surface area contributed by atoms with Gasteiger partial charge in [0.05, 0.1) is 24.7 Å². The van der Waals surface area contributed by atoms with E-state index in [9.17, 15) is 19.2 Å². The molecule has 2 heterocycles. The lowest BCUT2D eigenvalue weighted by atomic mass is 9.69. The first-order chi connectivity index (χ1) is 15.3. The van der Waals surface area contributed by atoms with E-state index in [0.717, 1.165) is 19.3 Å². The van der Waals surface area contributed by atoms with Crippen molar-refractivity contribution in [3.05, 3.63) is 49.6 Å². The van der Waals surface area contributed by atoms with Crippen molar-refractivity contribution in [3.8, 4) is 0 Å². The molecule has 174 valence electrons. The van der Waals surface area contributed by atoms with Gasteiger partial charge in [-0.05, 0) is 43.9 Å². The lowest BCUT2D eigenvalue weighted by molar-refractivity contribution is -0.155. The number of esters is 4. The third kappa shape index (κ3) is 6.38. The summed E-state index contributed by atoms with van der Waals surface area (Å²) in [7, 11) is 0. The highest BCUT2D eigenvalue weighted by Gasteiger charge is 2.46. The fourth-order valence-electron chi connectivity index (χ4n) is 4.36. The molecule has 32 heavy (non-hydrogen) atoms. The topological polar surface area (TPSA) is 86.7 Å². The van der Waals surface area contributed by atoms with Gasteiger partial charge in [-0.2, -0.15) is 0 Å². The molecule has 0 saturated carbocycles. The number of allylic oxidation sites excluding steroid dienone is 6. The van der Waals surface area contributed by atoms with E-state index in [2.05, 4.69) is 37.0 Å². The molecule has 0 spiro atoms. The molecule has 6 nitrogen and oxygen atoms in total. The molecule has 0 aromatic carbocycles. The Morgan fingerprint density at radius 3 is 2.25 bits per heavy atom. The lowest BCUT2D eigenvalue weighted by Gasteiger charge is -2.33. The van der Waals surface area contributed by atoms with E-state index in [1.54, 1.807) is 6.08 Å². The third-order valence-electron chi connectivity index (χ3n) is 6.69. The van der Waals surface area contributed by atoms with Crippen LogP contribution in [0.3, 0.4) is 0 Å². The molecule has 5 unspecified atom stereocenters. The molecular formula is C26H34O6. The van der Waals surface area contributed by atoms with Crippen LogP contribution < -0.4 is 0 Å². The van der Waals surface area contributed by atoms with Gasteiger partial charge in [0.15, 0.2) is 0 Å². The van der Waals surface area contributed by atoms with E-state index in [1.165, 1.54) is 0 Å². The summed E-state index contributed by atoms with van der Waals surface area (Å²) in [5.41, 5.74) is -0.640. The van der Waals surface area contributed by atoms with Crippen molar-refractivity contribution in [3.63, 3.8) is 0 Å². The van der Waals surface area contributed by atoms with Crippen molar-refractivity contribution in [1.82, 2.24) is 0 Å². The number of rotatable bonds is 13. The molecule has 0 amide bonds. The van der Waals surface area contributed by atoms with E-state index in [4.69, 9.17) is 4.74 Å². The second-order valence-corrected chi connectivity index (χ2v) is 8.73. The van der Waals surface area contributed by atoms with Gasteiger partial charge in [-0.3, -0.25) is 19.2 Å². The van der Waals surface area contributed by atoms with Crippen molar-refractivity contribution < 1.29 is 28.7 Å². The van der Waals surface area contributed by atoms with Crippen LogP contribution in [0.1, 0.15) is 58.8 Å². The molecule has 2 aliphatic rings. The van der Waals surface area contributed by atoms with E-state index in [-0.39, 0.29) is 18.8 Å². The van der Waals surface area contributed by atoms with Crippen molar-refractivity contribution in [2.24, 2.45) is 29.1 Å². The predicted molar refractivity (Wildman–Crippen MR) is 121 cm³/mol.